The van der Waals surface area contributed by atoms with Gasteiger partial charge in [0.05, 0.1) is 48.2 Å². The average Bonchev–Trinajstić information content (AvgIpc) is 3.88. The second-order valence-electron chi connectivity index (χ2n) is 13.1. The summed E-state index contributed by atoms with van der Waals surface area (Å²) >= 11 is 7.58. The number of anilines is 1. The molecule has 22 nitrogen and oxygen atoms in total. The Labute approximate surface area is 333 Å². The van der Waals surface area contributed by atoms with Gasteiger partial charge in [-0.25, -0.2) is 24.4 Å². The number of β-lactam (4-membered cyclic amide) rings is 1. The van der Waals surface area contributed by atoms with Crippen LogP contribution in [0.15, 0.2) is 22.7 Å². The van der Waals surface area contributed by atoms with Crippen molar-refractivity contribution in [2.75, 3.05) is 45.1 Å². The minimum Gasteiger partial charge on any atom is -0.504 e. The molecular formula is C32H33ClN8O14S2. The molecule has 4 aliphatic heterocycles. The van der Waals surface area contributed by atoms with E-state index in [0.717, 1.165) is 45.1 Å². The number of carbonyl (C=O) groups is 8. The number of thioether (sulfide) groups is 1. The van der Waals surface area contributed by atoms with Crippen molar-refractivity contribution in [2.24, 2.45) is 11.1 Å². The smallest absolute Gasteiger partial charge is 0.351 e. The van der Waals surface area contributed by atoms with Crippen molar-refractivity contribution >= 4 is 92.8 Å². The molecule has 0 spiro atoms. The number of aliphatic carboxylic acids is 2. The number of halogens is 1. The molecule has 0 aliphatic carbocycles. The number of oxime groups is 1. The molecule has 5 amide bonds. The highest BCUT2D eigenvalue weighted by Crippen LogP contribution is 2.53. The molecule has 0 unspecified atom stereocenters. The highest BCUT2D eigenvalue weighted by atomic mass is 35.5. The van der Waals surface area contributed by atoms with Crippen molar-refractivity contribution in [3.8, 4) is 11.5 Å². The molecule has 304 valence electrons. The molecule has 8 N–H and O–H groups in total. The van der Waals surface area contributed by atoms with Crippen LogP contribution in [0, 0.1) is 5.92 Å². The number of thiazole rings is 1. The number of ether oxygens (including phenoxy) is 1. The highest BCUT2D eigenvalue weighted by Gasteiger charge is 2.66. The van der Waals surface area contributed by atoms with Gasteiger partial charge in [-0.1, -0.05) is 28.5 Å². The summed E-state index contributed by atoms with van der Waals surface area (Å²) in [4.78, 5) is 113. The zero-order valence-electron chi connectivity index (χ0n) is 29.3. The molecule has 5 heterocycles. The molecular weight excluding hydrogens is 820 g/mol. The number of ketones is 2. The Balaban J connectivity index is 1.07. The number of nitrogens with zero attached hydrogens (tertiary/aromatic N) is 5. The normalized spacial score (nSPS) is 22.8. The number of nitrogens with one attached hydrogen (secondary N) is 2. The SMILES string of the molecule is Nc1nc(/C(=N/OC2(C(=O)O)CCOCC2)C(=O)C[C@@H]2C(=O)N3C[C@@](C(=O)O)(N4CCN(NC(=O)CCNC(=O)C(=O)c5ccc(O)c(O)c5Cl)C4=O)S[C@H]23)cs1. The molecule has 3 atom stereocenters. The number of nitrogen functional groups attached to an aromatic ring is 1. The maximum absolute atomic E-state index is 13.7. The van der Waals surface area contributed by atoms with Gasteiger partial charge in [-0.3, -0.25) is 34.3 Å². The number of phenolic OH excluding ortho intramolecular Hbond substituents is 2. The Bertz CT molecular complexity index is 2090. The lowest BCUT2D eigenvalue weighted by Gasteiger charge is -2.40. The fraction of sp³-hybridized carbons (Fsp3) is 0.438. The summed E-state index contributed by atoms with van der Waals surface area (Å²) in [5, 5.41) is 46.6. The van der Waals surface area contributed by atoms with Gasteiger partial charge in [-0.2, -0.15) is 0 Å². The minimum atomic E-state index is -2.01. The van der Waals surface area contributed by atoms with Gasteiger partial charge in [0.1, 0.15) is 5.69 Å². The lowest BCUT2D eigenvalue weighted by atomic mass is 9.90. The lowest BCUT2D eigenvalue weighted by molar-refractivity contribution is -0.178. The third-order valence-corrected chi connectivity index (χ3v) is 12.4. The molecule has 25 heteroatoms. The number of carbonyl (C=O) groups excluding carboxylic acids is 6. The number of benzene rings is 1. The molecule has 57 heavy (non-hydrogen) atoms. The third kappa shape index (κ3) is 7.71. The van der Waals surface area contributed by atoms with Gasteiger partial charge in [-0.15, -0.1) is 11.3 Å². The predicted molar refractivity (Wildman–Crippen MR) is 195 cm³/mol. The number of amides is 5. The van der Waals surface area contributed by atoms with Gasteiger partial charge in [0.2, 0.25) is 22.3 Å². The van der Waals surface area contributed by atoms with Gasteiger partial charge < -0.3 is 46.0 Å². The first-order valence-corrected chi connectivity index (χ1v) is 19.1. The van der Waals surface area contributed by atoms with Crippen LogP contribution in [0.25, 0.3) is 0 Å². The van der Waals surface area contributed by atoms with Crippen LogP contribution in [-0.4, -0.2) is 148 Å². The van der Waals surface area contributed by atoms with E-state index in [9.17, 15) is 58.8 Å². The average molecular weight is 853 g/mol. The molecule has 4 aliphatic rings. The second kappa shape index (κ2) is 16.0. The Hall–Kier alpha value is -5.72. The molecule has 1 aromatic heterocycles. The Kier molecular flexibility index (Phi) is 11.5. The molecule has 0 bridgehead atoms. The standard InChI is InChI=1S/C32H33ClN8O14S2/c33-20-14(1-2-17(42)23(20)46)22(45)24(47)35-6-3-19(44)37-41-8-7-40(30(41)53)32(28(51)52)13-39-25(48)15(26(39)57-32)11-18(43)21(16-12-56-29(34)36-16)38-55-31(27(49)50)4-9-54-10-5-31/h1-2,12,15,26,42,46H,3-11,13H2,(H2,34,36)(H,35,47)(H,37,44)(H,49,50)(H,51,52)/b38-21-/t15-,26-,32-/m1/s1. The number of aromatic hydroxyl groups is 2. The Morgan fingerprint density at radius 3 is 2.46 bits per heavy atom. The van der Waals surface area contributed by atoms with E-state index >= 15 is 0 Å². The van der Waals surface area contributed by atoms with E-state index < -0.39 is 110 Å². The summed E-state index contributed by atoms with van der Waals surface area (Å²) < 4.78 is 5.24. The van der Waals surface area contributed by atoms with Crippen molar-refractivity contribution in [3.63, 3.8) is 0 Å². The molecule has 0 radical (unpaired) electrons. The van der Waals surface area contributed by atoms with E-state index in [1.165, 1.54) is 10.3 Å². The van der Waals surface area contributed by atoms with Crippen molar-refractivity contribution < 1.29 is 68.4 Å². The summed E-state index contributed by atoms with van der Waals surface area (Å²) in [6, 6.07) is 1.08. The van der Waals surface area contributed by atoms with Gasteiger partial charge in [0, 0.05) is 44.2 Å². The number of Topliss-reactive ketones (excluding diaryl/α,β-unsaturated/α-hetero) is 2. The topological polar surface area (TPSA) is 321 Å². The second-order valence-corrected chi connectivity index (χ2v) is 15.7. The van der Waals surface area contributed by atoms with Gasteiger partial charge >= 0.3 is 18.0 Å². The molecule has 4 fully saturated rings. The first-order valence-electron chi connectivity index (χ1n) is 16.9. The van der Waals surface area contributed by atoms with Gasteiger partial charge in [0.15, 0.2) is 28.1 Å². The number of rotatable bonds is 15. The summed E-state index contributed by atoms with van der Waals surface area (Å²) in [5.41, 5.74) is 5.52. The summed E-state index contributed by atoms with van der Waals surface area (Å²) in [6.07, 6.45) is -1.02. The summed E-state index contributed by atoms with van der Waals surface area (Å²) in [6.45, 7) is -1.00. The fourth-order valence-electron chi connectivity index (χ4n) is 6.46. The zero-order chi connectivity index (χ0) is 41.4. The van der Waals surface area contributed by atoms with Crippen LogP contribution in [0.3, 0.4) is 0 Å². The van der Waals surface area contributed by atoms with Crippen LogP contribution in [0.4, 0.5) is 9.93 Å². The van der Waals surface area contributed by atoms with Crippen molar-refractivity contribution in [1.29, 1.82) is 0 Å². The highest BCUT2D eigenvalue weighted by molar-refractivity contribution is 8.02. The molecule has 4 saturated heterocycles. The van der Waals surface area contributed by atoms with E-state index in [2.05, 4.69) is 20.9 Å². The molecule has 2 aromatic rings. The summed E-state index contributed by atoms with van der Waals surface area (Å²) in [7, 11) is 0. The van der Waals surface area contributed by atoms with Crippen LogP contribution in [0.5, 0.6) is 11.5 Å². The van der Waals surface area contributed by atoms with E-state index in [0.29, 0.717) is 0 Å². The molecule has 0 saturated carbocycles. The number of urea groups is 1. The number of carboxylic acids is 2. The summed E-state index contributed by atoms with van der Waals surface area (Å²) in [5.74, 6) is -9.68. The number of fused-ring (bicyclic) bond motifs is 1. The van der Waals surface area contributed by atoms with Crippen LogP contribution >= 0.6 is 34.7 Å². The maximum Gasteiger partial charge on any atom is 0.351 e. The number of hydrogen-bond acceptors (Lipinski definition) is 17. The van der Waals surface area contributed by atoms with Crippen molar-refractivity contribution in [1.82, 2.24) is 30.5 Å². The Morgan fingerprint density at radius 1 is 1.09 bits per heavy atom. The van der Waals surface area contributed by atoms with Crippen LogP contribution in [0.2, 0.25) is 5.02 Å². The van der Waals surface area contributed by atoms with E-state index in [4.69, 9.17) is 26.9 Å². The minimum absolute atomic E-state index is 0.0153. The number of phenols is 2. The molecule has 1 aromatic carbocycles. The van der Waals surface area contributed by atoms with Gasteiger partial charge in [-0.05, 0) is 12.1 Å². The first kappa shape index (κ1) is 40.9. The largest absolute Gasteiger partial charge is 0.504 e. The van der Waals surface area contributed by atoms with Crippen LogP contribution < -0.4 is 16.5 Å². The lowest BCUT2D eigenvalue weighted by Crippen LogP contribution is -2.60. The molecule has 6 rings (SSSR count). The first-order chi connectivity index (χ1) is 27.0. The number of nitrogens with two attached hydrogens (primary N) is 1. The Morgan fingerprint density at radius 2 is 1.81 bits per heavy atom. The fourth-order valence-corrected chi connectivity index (χ4v) is 8.95. The van der Waals surface area contributed by atoms with Crippen LogP contribution in [-0.2, 0) is 38.3 Å². The number of aromatic nitrogens is 1. The van der Waals surface area contributed by atoms with E-state index in [-0.39, 0.29) is 62.2 Å². The van der Waals surface area contributed by atoms with Crippen LogP contribution in [0.1, 0.15) is 41.7 Å². The number of carboxylic acid groups (broad SMARTS) is 2. The monoisotopic (exact) mass is 852 g/mol. The number of hydrazine groups is 1. The van der Waals surface area contributed by atoms with Crippen molar-refractivity contribution in [2.45, 2.75) is 41.5 Å². The van der Waals surface area contributed by atoms with Crippen molar-refractivity contribution in [3.05, 3.63) is 33.8 Å². The third-order valence-electron chi connectivity index (χ3n) is 9.61. The quantitative estimate of drug-likeness (QED) is 0.0299. The predicted octanol–water partition coefficient (Wildman–Crippen LogP) is -0.426. The van der Waals surface area contributed by atoms with E-state index in [1.54, 1.807) is 0 Å². The zero-order valence-corrected chi connectivity index (χ0v) is 31.7. The number of hydrogen-bond donors (Lipinski definition) is 7. The van der Waals surface area contributed by atoms with Gasteiger partial charge in [0.25, 0.3) is 11.7 Å². The van der Waals surface area contributed by atoms with E-state index in [1.807, 2.05) is 0 Å². The maximum atomic E-state index is 13.7.